The highest BCUT2D eigenvalue weighted by Gasteiger charge is 2.31. The number of likely N-dealkylation sites (tertiary alicyclic amines) is 1. The Hall–Kier alpha value is -3.46. The Kier molecular flexibility index (Phi) is 5.26. The molecule has 9 nitrogen and oxygen atoms in total. The summed E-state index contributed by atoms with van der Waals surface area (Å²) < 4.78 is 0. The molecule has 1 saturated heterocycles. The molecule has 172 valence electrons. The minimum atomic E-state index is 0. The van der Waals surface area contributed by atoms with Crippen molar-refractivity contribution in [2.24, 2.45) is 0 Å². The van der Waals surface area contributed by atoms with Crippen LogP contribution in [0, 0.1) is 0 Å². The predicted molar refractivity (Wildman–Crippen MR) is 131 cm³/mol. The Morgan fingerprint density at radius 1 is 1.22 bits per heavy atom. The van der Waals surface area contributed by atoms with E-state index in [2.05, 4.69) is 40.0 Å². The molecule has 5 rings (SSSR count). The third-order valence-corrected chi connectivity index (χ3v) is 6.39. The van der Waals surface area contributed by atoms with Crippen LogP contribution in [0.2, 0.25) is 0 Å². The van der Waals surface area contributed by atoms with Gasteiger partial charge < -0.3 is 25.4 Å². The minimum Gasteiger partial charge on any atom is -0.382 e. The van der Waals surface area contributed by atoms with E-state index in [0.29, 0.717) is 36.5 Å². The van der Waals surface area contributed by atoms with Crippen molar-refractivity contribution in [3.05, 3.63) is 42.2 Å². The van der Waals surface area contributed by atoms with Gasteiger partial charge in [-0.25, -0.2) is 19.7 Å². The first-order chi connectivity index (χ1) is 15.5. The summed E-state index contributed by atoms with van der Waals surface area (Å²) in [4.78, 5) is 36.0. The molecular weight excluding hydrogens is 404 g/mol. The van der Waals surface area contributed by atoms with Gasteiger partial charge in [0.05, 0.1) is 22.9 Å². The number of H-pyrrole nitrogens is 1. The summed E-state index contributed by atoms with van der Waals surface area (Å²) in [6, 6.07) is 8.38. The Bertz CT molecular complexity index is 1170. The Morgan fingerprint density at radius 3 is 2.78 bits per heavy atom. The monoisotopic (exact) mass is 438 g/mol. The zero-order valence-corrected chi connectivity index (χ0v) is 18.5. The number of aromatic nitrogens is 4. The molecule has 0 aliphatic carbocycles. The molecule has 0 bridgehead atoms. The molecule has 0 spiro atoms. The van der Waals surface area contributed by atoms with E-state index in [1.807, 2.05) is 34.1 Å². The van der Waals surface area contributed by atoms with Crippen molar-refractivity contribution in [2.75, 3.05) is 46.0 Å². The number of imidazole rings is 1. The van der Waals surface area contributed by atoms with E-state index >= 15 is 0 Å². The van der Waals surface area contributed by atoms with Crippen molar-refractivity contribution < 1.29 is 9.07 Å². The van der Waals surface area contributed by atoms with Gasteiger partial charge in [-0.1, -0.05) is 18.2 Å². The molecule has 2 amide bonds. The Balaban J connectivity index is 0.00000144. The summed E-state index contributed by atoms with van der Waals surface area (Å²) in [7, 11) is 4.14. The highest BCUT2D eigenvalue weighted by Crippen LogP contribution is 2.27. The maximum atomic E-state index is 12.9. The summed E-state index contributed by atoms with van der Waals surface area (Å²) in [6.45, 7) is 2.85. The zero-order valence-electron chi connectivity index (χ0n) is 18.5. The smallest absolute Gasteiger partial charge is 0.320 e. The number of nitrogens with zero attached hydrogens (tertiary/aromatic N) is 6. The van der Waals surface area contributed by atoms with Gasteiger partial charge in [0, 0.05) is 36.5 Å². The summed E-state index contributed by atoms with van der Waals surface area (Å²) >= 11 is 0. The number of rotatable bonds is 3. The number of nitrogens with two attached hydrogens (primary N) is 1. The number of nitrogens with one attached hydrogen (secondary N) is 1. The molecule has 9 heteroatoms. The standard InChI is InChI=1S/C23H28N8O.3H2/c1-29(2)16-9-12-31(14-16)23(32)30-10-7-15(8-11-30)19-13-25-21(24)20(26-19)22-27-17-5-3-4-6-18(17)28-22;;;/h3-7,13,16H,8-12,14H2,1-2H3,(H2,24,25)(H,27,28);3*1H/t16-;;;/m1.../s1. The quantitative estimate of drug-likeness (QED) is 0.650. The predicted octanol–water partition coefficient (Wildman–Crippen LogP) is 3.19. The topological polar surface area (TPSA) is 107 Å². The van der Waals surface area contributed by atoms with Crippen molar-refractivity contribution in [3.63, 3.8) is 0 Å². The number of para-hydroxylation sites is 2. The van der Waals surface area contributed by atoms with Gasteiger partial charge in [0.25, 0.3) is 0 Å². The van der Waals surface area contributed by atoms with Crippen LogP contribution in [0.4, 0.5) is 10.6 Å². The van der Waals surface area contributed by atoms with Gasteiger partial charge >= 0.3 is 6.03 Å². The molecule has 1 aromatic carbocycles. The molecule has 4 heterocycles. The highest BCUT2D eigenvalue weighted by molar-refractivity contribution is 5.81. The zero-order chi connectivity index (χ0) is 22.2. The van der Waals surface area contributed by atoms with Crippen LogP contribution in [0.25, 0.3) is 28.1 Å². The van der Waals surface area contributed by atoms with E-state index in [4.69, 9.17) is 10.7 Å². The summed E-state index contributed by atoms with van der Waals surface area (Å²) in [6.07, 6.45) is 5.53. The molecule has 0 saturated carbocycles. The van der Waals surface area contributed by atoms with Crippen LogP contribution >= 0.6 is 0 Å². The number of carbonyl (C=O) groups is 1. The van der Waals surface area contributed by atoms with Gasteiger partial charge in [-0.2, -0.15) is 0 Å². The van der Waals surface area contributed by atoms with Crippen LogP contribution in [-0.4, -0.2) is 87.0 Å². The van der Waals surface area contributed by atoms with E-state index in [1.165, 1.54) is 0 Å². The largest absolute Gasteiger partial charge is 0.382 e. The normalized spacial score (nSPS) is 19.1. The second-order valence-electron chi connectivity index (χ2n) is 8.65. The number of anilines is 1. The van der Waals surface area contributed by atoms with Crippen molar-refractivity contribution >= 4 is 28.5 Å². The van der Waals surface area contributed by atoms with E-state index in [-0.39, 0.29) is 10.3 Å². The number of fused-ring (bicyclic) bond motifs is 1. The molecule has 1 fully saturated rings. The third-order valence-electron chi connectivity index (χ3n) is 6.39. The third kappa shape index (κ3) is 3.80. The first-order valence-electron chi connectivity index (χ1n) is 11.0. The van der Waals surface area contributed by atoms with Gasteiger partial charge in [-0.15, -0.1) is 0 Å². The lowest BCUT2D eigenvalue weighted by atomic mass is 10.1. The van der Waals surface area contributed by atoms with Crippen LogP contribution in [0.15, 0.2) is 36.5 Å². The number of hydrogen-bond donors (Lipinski definition) is 2. The molecule has 0 radical (unpaired) electrons. The maximum Gasteiger partial charge on any atom is 0.320 e. The van der Waals surface area contributed by atoms with Crippen LogP contribution in [0.3, 0.4) is 0 Å². The summed E-state index contributed by atoms with van der Waals surface area (Å²) in [5.41, 5.74) is 10.3. The van der Waals surface area contributed by atoms with Gasteiger partial charge in [-0.3, -0.25) is 0 Å². The molecule has 0 unspecified atom stereocenters. The summed E-state index contributed by atoms with van der Waals surface area (Å²) in [5, 5.41) is 0. The SMILES string of the molecule is CN(C)[C@@H]1CCN(C(=O)N2CC=C(c3cnc(N)c(-c4nc5ccccc5[nH]4)n3)CC2)C1.[HH].[HH].[HH]. The lowest BCUT2D eigenvalue weighted by molar-refractivity contribution is 0.163. The molecule has 2 aromatic heterocycles. The molecular formula is C23H34N8O. The number of carbonyl (C=O) groups excluding carboxylic acids is 1. The first-order valence-corrected chi connectivity index (χ1v) is 11.0. The van der Waals surface area contributed by atoms with Crippen LogP contribution in [0.5, 0.6) is 0 Å². The number of urea groups is 1. The Morgan fingerprint density at radius 2 is 2.06 bits per heavy atom. The summed E-state index contributed by atoms with van der Waals surface area (Å²) in [5.74, 6) is 0.946. The number of amides is 2. The van der Waals surface area contributed by atoms with Crippen LogP contribution in [0.1, 0.15) is 22.8 Å². The van der Waals surface area contributed by atoms with E-state index in [1.54, 1.807) is 6.20 Å². The lowest BCUT2D eigenvalue weighted by Gasteiger charge is -2.31. The van der Waals surface area contributed by atoms with E-state index in [0.717, 1.165) is 48.2 Å². The molecule has 2 aliphatic rings. The van der Waals surface area contributed by atoms with Gasteiger partial charge in [0.1, 0.15) is 5.69 Å². The minimum absolute atomic E-state index is 0. The highest BCUT2D eigenvalue weighted by atomic mass is 16.2. The van der Waals surface area contributed by atoms with Crippen molar-refractivity contribution in [3.8, 4) is 11.5 Å². The number of aromatic amines is 1. The van der Waals surface area contributed by atoms with Gasteiger partial charge in [-0.05, 0) is 44.6 Å². The Labute approximate surface area is 191 Å². The first kappa shape index (κ1) is 20.4. The van der Waals surface area contributed by atoms with E-state index in [9.17, 15) is 4.79 Å². The lowest BCUT2D eigenvalue weighted by Crippen LogP contribution is -2.45. The molecule has 32 heavy (non-hydrogen) atoms. The van der Waals surface area contributed by atoms with Gasteiger partial charge in [0.2, 0.25) is 0 Å². The second kappa shape index (κ2) is 8.23. The number of likely N-dealkylation sites (N-methyl/N-ethyl adjacent to an activating group) is 1. The van der Waals surface area contributed by atoms with Crippen molar-refractivity contribution in [2.45, 2.75) is 18.9 Å². The fourth-order valence-electron chi connectivity index (χ4n) is 4.40. The molecule has 1 atom stereocenters. The molecule has 3 aromatic rings. The van der Waals surface area contributed by atoms with Crippen molar-refractivity contribution in [1.29, 1.82) is 0 Å². The number of benzene rings is 1. The molecule has 3 N–H and O–H groups in total. The van der Waals surface area contributed by atoms with Crippen LogP contribution < -0.4 is 5.73 Å². The molecule has 2 aliphatic heterocycles. The average Bonchev–Trinajstić information content (AvgIpc) is 3.47. The van der Waals surface area contributed by atoms with Crippen LogP contribution in [-0.2, 0) is 0 Å². The maximum absolute atomic E-state index is 12.9. The fraction of sp³-hybridized carbons (Fsp3) is 0.391. The number of hydrogen-bond acceptors (Lipinski definition) is 6. The second-order valence-corrected chi connectivity index (χ2v) is 8.65. The van der Waals surface area contributed by atoms with E-state index < -0.39 is 0 Å². The number of nitrogen functional groups attached to an aromatic ring is 1. The van der Waals surface area contributed by atoms with Crippen molar-refractivity contribution in [1.82, 2.24) is 34.6 Å². The van der Waals surface area contributed by atoms with Gasteiger partial charge in [0.15, 0.2) is 11.6 Å². The average molecular weight is 439 g/mol. The fourth-order valence-corrected chi connectivity index (χ4v) is 4.40.